The molecule has 6 aromatic heterocycles. The van der Waals surface area contributed by atoms with Crippen molar-refractivity contribution in [1.82, 2.24) is 50.4 Å². The molecule has 2 unspecified atom stereocenters. The lowest BCUT2D eigenvalue weighted by molar-refractivity contribution is -0.911. The molecule has 2 aliphatic carbocycles. The molecule has 0 saturated heterocycles. The van der Waals surface area contributed by atoms with Gasteiger partial charge in [0.2, 0.25) is 24.3 Å². The van der Waals surface area contributed by atoms with Gasteiger partial charge in [0.15, 0.2) is 11.2 Å². The van der Waals surface area contributed by atoms with Crippen LogP contribution in [-0.4, -0.2) is 82.4 Å². The van der Waals surface area contributed by atoms with Crippen LogP contribution in [0.25, 0.3) is 44.8 Å². The Hall–Kier alpha value is -8.44. The minimum atomic E-state index is -1.52. The molecule has 8 aromatic rings. The zero-order valence-corrected chi connectivity index (χ0v) is 38.9. The van der Waals surface area contributed by atoms with Gasteiger partial charge in [0, 0.05) is 78.1 Å². The van der Waals surface area contributed by atoms with Crippen LogP contribution in [-0.2, 0) is 24.0 Å². The first-order valence-electron chi connectivity index (χ1n) is 22.1. The Balaban J connectivity index is 0.000000156. The topological polar surface area (TPSA) is 278 Å². The van der Waals surface area contributed by atoms with E-state index in [1.807, 2.05) is 12.1 Å². The Morgan fingerprint density at radius 2 is 1.01 bits per heavy atom. The summed E-state index contributed by atoms with van der Waals surface area (Å²) in [6, 6.07) is 20.4. The average molecular weight is 1010 g/mol. The first-order chi connectivity index (χ1) is 34.7. The SMILES string of the molecule is Nc1ccc(C2=CN=C(C3(O)CCc4cc(-c5cc(Cl)ccc5-n5cnnn5)c[n+](O)c43)C2)c(F)n1.Nc1ccc(C2=CN=C(C3(O)CCc4cc(-c5cc(Cl)ccc5-n5cnnn5)c[n+](O)c43)C2)c(F)n1. The number of rotatable bonds is 8. The second-order valence-electron chi connectivity index (χ2n) is 17.4. The molecule has 12 rings (SSSR count). The lowest BCUT2D eigenvalue weighted by Gasteiger charge is -2.20. The van der Waals surface area contributed by atoms with Crippen molar-refractivity contribution in [3.05, 3.63) is 166 Å². The van der Waals surface area contributed by atoms with Gasteiger partial charge in [0.05, 0.1) is 33.9 Å². The smallest absolute Gasteiger partial charge is 0.274 e. The average Bonchev–Trinajstić information content (AvgIpc) is 4.22. The summed E-state index contributed by atoms with van der Waals surface area (Å²) in [5.41, 5.74) is 16.8. The number of halogens is 4. The summed E-state index contributed by atoms with van der Waals surface area (Å²) in [6.45, 7) is 0. The Labute approximate surface area is 415 Å². The van der Waals surface area contributed by atoms with Crippen LogP contribution in [0.15, 0.2) is 120 Å². The Bertz CT molecular complexity index is 3410. The standard InChI is InChI=1S/2C24H19ClFN8O2/c2*25-16-1-3-19(33-12-29-31-32-33)18(9-16)15-7-13-5-6-24(35,22(13)34(36)11-15)20-8-14(10-28-20)17-2-4-21(27)30-23(17)26/h2*1-4,7,9-12,35-36H,5-6,8H2,(H2,27,30)/q2*+1. The predicted molar refractivity (Wildman–Crippen MR) is 256 cm³/mol. The van der Waals surface area contributed by atoms with Crippen LogP contribution < -0.4 is 20.9 Å². The van der Waals surface area contributed by atoms with Gasteiger partial charge in [-0.1, -0.05) is 23.2 Å². The molecular formula is C48H38Cl2F2N16O4+2. The maximum atomic E-state index is 14.4. The molecule has 20 nitrogen and oxygen atoms in total. The predicted octanol–water partition coefficient (Wildman–Crippen LogP) is 5.29. The maximum Gasteiger partial charge on any atom is 0.274 e. The zero-order valence-electron chi connectivity index (χ0n) is 37.4. The number of aliphatic imine (C=N–C) groups is 2. The van der Waals surface area contributed by atoms with E-state index in [1.165, 1.54) is 58.9 Å². The minimum absolute atomic E-state index is 0.0828. The summed E-state index contributed by atoms with van der Waals surface area (Å²) < 4.78 is 33.6. The van der Waals surface area contributed by atoms with Gasteiger partial charge < -0.3 is 21.7 Å². The van der Waals surface area contributed by atoms with E-state index < -0.39 is 23.1 Å². The van der Waals surface area contributed by atoms with Gasteiger partial charge in [0.25, 0.3) is 11.4 Å². The van der Waals surface area contributed by atoms with Crippen molar-refractivity contribution in [3.8, 4) is 33.6 Å². The van der Waals surface area contributed by atoms with Gasteiger partial charge >= 0.3 is 0 Å². The number of tetrazole rings is 2. The van der Waals surface area contributed by atoms with E-state index in [4.69, 9.17) is 34.7 Å². The second-order valence-corrected chi connectivity index (χ2v) is 18.3. The number of nitrogens with zero attached hydrogens (tertiary/aromatic N) is 14. The normalized spacial score (nSPS) is 18.8. The third-order valence-electron chi connectivity index (χ3n) is 13.1. The highest BCUT2D eigenvalue weighted by molar-refractivity contribution is 6.31. The van der Waals surface area contributed by atoms with Gasteiger partial charge in [-0.15, -0.1) is 10.2 Å². The molecule has 8 heterocycles. The fourth-order valence-electron chi connectivity index (χ4n) is 9.78. The van der Waals surface area contributed by atoms with Crippen molar-refractivity contribution in [2.75, 3.05) is 11.5 Å². The van der Waals surface area contributed by atoms with E-state index in [2.05, 4.69) is 51.0 Å². The van der Waals surface area contributed by atoms with Crippen molar-refractivity contribution in [2.24, 2.45) is 9.98 Å². The number of hydrogen-bond donors (Lipinski definition) is 6. The summed E-state index contributed by atoms with van der Waals surface area (Å²) >= 11 is 12.5. The number of hydrogen-bond acceptors (Lipinski definition) is 16. The molecule has 2 atom stereocenters. The van der Waals surface area contributed by atoms with Crippen molar-refractivity contribution < 1.29 is 38.9 Å². The third kappa shape index (κ3) is 8.04. The van der Waals surface area contributed by atoms with Gasteiger partial charge in [-0.05, 0) is 130 Å². The molecule has 8 N–H and O–H groups in total. The van der Waals surface area contributed by atoms with Crippen LogP contribution in [0.1, 0.15) is 59.3 Å². The largest absolute Gasteiger partial charge is 0.384 e. The number of aryl methyl sites for hydroxylation is 2. The maximum absolute atomic E-state index is 14.4. The highest BCUT2D eigenvalue weighted by Crippen LogP contribution is 2.44. The van der Waals surface area contributed by atoms with Crippen molar-refractivity contribution in [1.29, 1.82) is 0 Å². The fourth-order valence-corrected chi connectivity index (χ4v) is 10.1. The minimum Gasteiger partial charge on any atom is -0.384 e. The third-order valence-corrected chi connectivity index (χ3v) is 13.6. The number of nitrogen functional groups attached to an aromatic ring is 2. The number of fused-ring (bicyclic) bond motifs is 2. The molecule has 0 bridgehead atoms. The van der Waals surface area contributed by atoms with E-state index in [1.54, 1.807) is 48.5 Å². The molecule has 0 radical (unpaired) electrons. The number of aromatic nitrogens is 12. The van der Waals surface area contributed by atoms with E-state index >= 15 is 0 Å². The zero-order chi connectivity index (χ0) is 50.1. The Morgan fingerprint density at radius 3 is 1.40 bits per heavy atom. The van der Waals surface area contributed by atoms with Crippen LogP contribution in [0, 0.1) is 11.9 Å². The molecule has 2 aromatic carbocycles. The molecule has 0 spiro atoms. The summed E-state index contributed by atoms with van der Waals surface area (Å²) in [7, 11) is 0. The summed E-state index contributed by atoms with van der Waals surface area (Å²) in [5, 5.41) is 69.1. The van der Waals surface area contributed by atoms with Gasteiger partial charge in [-0.25, -0.2) is 9.97 Å². The van der Waals surface area contributed by atoms with Crippen molar-refractivity contribution >= 4 is 57.4 Å². The summed E-state index contributed by atoms with van der Waals surface area (Å²) in [6.07, 6.45) is 11.0. The highest BCUT2D eigenvalue weighted by Gasteiger charge is 2.52. The lowest BCUT2D eigenvalue weighted by Crippen LogP contribution is -2.46. The van der Waals surface area contributed by atoms with Gasteiger partial charge in [-0.2, -0.15) is 18.1 Å². The fraction of sp³-hybridized carbons (Fsp3) is 0.167. The monoisotopic (exact) mass is 1010 g/mol. The van der Waals surface area contributed by atoms with Crippen LogP contribution >= 0.6 is 23.2 Å². The van der Waals surface area contributed by atoms with E-state index in [0.717, 1.165) is 20.6 Å². The quantitative estimate of drug-likeness (QED) is 0.0642. The number of nitrogens with two attached hydrogens (primary N) is 2. The molecular weight excluding hydrogens is 974 g/mol. The first kappa shape index (κ1) is 46.0. The molecule has 4 aliphatic rings. The van der Waals surface area contributed by atoms with Crippen molar-refractivity contribution in [2.45, 2.75) is 49.7 Å². The van der Waals surface area contributed by atoms with Crippen LogP contribution in [0.3, 0.4) is 0 Å². The highest BCUT2D eigenvalue weighted by atomic mass is 35.5. The number of anilines is 2. The Kier molecular flexibility index (Phi) is 11.3. The van der Waals surface area contributed by atoms with E-state index in [9.17, 15) is 29.4 Å². The van der Waals surface area contributed by atoms with Crippen LogP contribution in [0.5, 0.6) is 0 Å². The van der Waals surface area contributed by atoms with E-state index in [-0.39, 0.29) is 35.6 Å². The second kappa shape index (κ2) is 17.8. The Morgan fingerprint density at radius 1 is 0.583 bits per heavy atom. The summed E-state index contributed by atoms with van der Waals surface area (Å²) in [4.78, 5) is 16.1. The molecule has 360 valence electrons. The number of pyridine rings is 4. The molecule has 0 saturated carbocycles. The van der Waals surface area contributed by atoms with Gasteiger partial charge in [-0.3, -0.25) is 20.4 Å². The molecule has 2 aliphatic heterocycles. The molecule has 0 fully saturated rings. The van der Waals surface area contributed by atoms with Gasteiger partial charge in [0.1, 0.15) is 24.3 Å². The number of allylic oxidation sites excluding steroid dienone is 2. The van der Waals surface area contributed by atoms with Crippen molar-refractivity contribution in [3.63, 3.8) is 0 Å². The number of aliphatic hydroxyl groups is 2. The van der Waals surface area contributed by atoms with E-state index in [0.29, 0.717) is 103 Å². The van der Waals surface area contributed by atoms with Crippen LogP contribution in [0.4, 0.5) is 20.4 Å². The first-order valence-corrected chi connectivity index (χ1v) is 22.9. The molecule has 0 amide bonds. The van der Waals surface area contributed by atoms with Crippen LogP contribution in [0.2, 0.25) is 10.0 Å². The number of benzene rings is 2. The summed E-state index contributed by atoms with van der Waals surface area (Å²) in [5.74, 6) is -1.23. The molecule has 72 heavy (non-hydrogen) atoms. The lowest BCUT2D eigenvalue weighted by atomic mass is 9.89. The molecule has 24 heteroatoms.